The Morgan fingerprint density at radius 3 is 2.61 bits per heavy atom. The zero-order valence-electron chi connectivity index (χ0n) is 15.0. The third-order valence-electron chi connectivity index (χ3n) is 4.09. The number of aromatic nitrogens is 3. The first kappa shape index (κ1) is 18.1. The molecule has 0 radical (unpaired) electrons. The monoisotopic (exact) mass is 336 g/mol. The predicted molar refractivity (Wildman–Crippen MR) is 94.9 cm³/mol. The average Bonchev–Trinajstić information content (AvgIpc) is 3.04. The van der Waals surface area contributed by atoms with Crippen LogP contribution in [-0.2, 0) is 18.5 Å². The molecule has 0 bridgehead atoms. The van der Waals surface area contributed by atoms with Crippen molar-refractivity contribution in [3.05, 3.63) is 33.0 Å². The van der Waals surface area contributed by atoms with Crippen molar-refractivity contribution in [2.24, 2.45) is 0 Å². The minimum atomic E-state index is 0.0904. The summed E-state index contributed by atoms with van der Waals surface area (Å²) in [5, 5.41) is 20.4. The summed E-state index contributed by atoms with van der Waals surface area (Å²) in [5.41, 5.74) is 4.58. The number of nitrogens with one attached hydrogen (secondary N) is 1. The molecular weight excluding hydrogens is 308 g/mol. The Kier molecular flexibility index (Phi) is 5.60. The lowest BCUT2D eigenvalue weighted by Gasteiger charge is -2.15. The van der Waals surface area contributed by atoms with E-state index in [1.807, 2.05) is 11.6 Å². The number of thiazole rings is 1. The molecule has 0 amide bonds. The normalized spacial score (nSPS) is 13.5. The molecule has 5 nitrogen and oxygen atoms in total. The van der Waals surface area contributed by atoms with E-state index < -0.39 is 0 Å². The number of aliphatic hydroxyl groups is 1. The SMILES string of the molecule is Cc1nn(CCO)c(C)c1CNC(C)c1nc(C(C)(C)C)cs1. The quantitative estimate of drug-likeness (QED) is 0.851. The van der Waals surface area contributed by atoms with Crippen LogP contribution >= 0.6 is 11.3 Å². The predicted octanol–water partition coefficient (Wildman–Crippen LogP) is 3.10. The minimum Gasteiger partial charge on any atom is -0.394 e. The van der Waals surface area contributed by atoms with Gasteiger partial charge in [0.1, 0.15) is 5.01 Å². The van der Waals surface area contributed by atoms with E-state index in [0.717, 1.165) is 28.6 Å². The lowest BCUT2D eigenvalue weighted by Crippen LogP contribution is -2.19. The van der Waals surface area contributed by atoms with Crippen LogP contribution in [-0.4, -0.2) is 26.5 Å². The van der Waals surface area contributed by atoms with E-state index in [1.54, 1.807) is 11.3 Å². The van der Waals surface area contributed by atoms with Crippen molar-refractivity contribution in [1.82, 2.24) is 20.1 Å². The second kappa shape index (κ2) is 7.11. The number of hydrogen-bond acceptors (Lipinski definition) is 5. The van der Waals surface area contributed by atoms with E-state index in [0.29, 0.717) is 6.54 Å². The maximum absolute atomic E-state index is 9.10. The fraction of sp³-hybridized carbons (Fsp3) is 0.647. The first-order chi connectivity index (χ1) is 10.7. The summed E-state index contributed by atoms with van der Waals surface area (Å²) in [4.78, 5) is 4.78. The van der Waals surface area contributed by atoms with E-state index in [4.69, 9.17) is 10.1 Å². The van der Waals surface area contributed by atoms with Gasteiger partial charge < -0.3 is 10.4 Å². The van der Waals surface area contributed by atoms with Crippen LogP contribution in [0.3, 0.4) is 0 Å². The molecule has 0 saturated carbocycles. The molecule has 0 aliphatic heterocycles. The van der Waals surface area contributed by atoms with Crippen LogP contribution in [0.4, 0.5) is 0 Å². The lowest BCUT2D eigenvalue weighted by atomic mass is 9.93. The average molecular weight is 337 g/mol. The highest BCUT2D eigenvalue weighted by atomic mass is 32.1. The zero-order chi connectivity index (χ0) is 17.2. The van der Waals surface area contributed by atoms with Crippen molar-refractivity contribution in [3.8, 4) is 0 Å². The Bertz CT molecular complexity index is 654. The van der Waals surface area contributed by atoms with Crippen molar-refractivity contribution in [2.45, 2.75) is 66.1 Å². The number of nitrogens with zero attached hydrogens (tertiary/aromatic N) is 3. The highest BCUT2D eigenvalue weighted by Gasteiger charge is 2.20. The molecule has 1 atom stereocenters. The molecule has 2 N–H and O–H groups in total. The summed E-state index contributed by atoms with van der Waals surface area (Å²) >= 11 is 1.71. The van der Waals surface area contributed by atoms with Gasteiger partial charge >= 0.3 is 0 Å². The van der Waals surface area contributed by atoms with Gasteiger partial charge in [-0.15, -0.1) is 11.3 Å². The Balaban J connectivity index is 2.05. The van der Waals surface area contributed by atoms with Gasteiger partial charge in [-0.1, -0.05) is 20.8 Å². The van der Waals surface area contributed by atoms with Crippen LogP contribution in [0.25, 0.3) is 0 Å². The Hall–Kier alpha value is -1.24. The smallest absolute Gasteiger partial charge is 0.110 e. The lowest BCUT2D eigenvalue weighted by molar-refractivity contribution is 0.267. The van der Waals surface area contributed by atoms with Crippen LogP contribution < -0.4 is 5.32 Å². The molecule has 2 aromatic heterocycles. The van der Waals surface area contributed by atoms with Gasteiger partial charge in [-0.25, -0.2) is 4.98 Å². The van der Waals surface area contributed by atoms with Crippen LogP contribution in [0, 0.1) is 13.8 Å². The summed E-state index contributed by atoms with van der Waals surface area (Å²) in [7, 11) is 0. The van der Waals surface area contributed by atoms with Crippen molar-refractivity contribution in [2.75, 3.05) is 6.61 Å². The highest BCUT2D eigenvalue weighted by molar-refractivity contribution is 7.09. The first-order valence-corrected chi connectivity index (χ1v) is 8.95. The minimum absolute atomic E-state index is 0.0904. The van der Waals surface area contributed by atoms with Gasteiger partial charge in [0.05, 0.1) is 30.6 Å². The molecule has 0 aromatic carbocycles. The second-order valence-electron chi connectivity index (χ2n) is 7.02. The number of rotatable bonds is 6. The fourth-order valence-electron chi connectivity index (χ4n) is 2.48. The third-order valence-corrected chi connectivity index (χ3v) is 5.12. The van der Waals surface area contributed by atoms with Gasteiger partial charge in [0.25, 0.3) is 0 Å². The van der Waals surface area contributed by atoms with Crippen LogP contribution in [0.15, 0.2) is 5.38 Å². The van der Waals surface area contributed by atoms with Crippen LogP contribution in [0.1, 0.15) is 61.4 Å². The summed E-state index contributed by atoms with van der Waals surface area (Å²) < 4.78 is 1.87. The van der Waals surface area contributed by atoms with Crippen molar-refractivity contribution in [3.63, 3.8) is 0 Å². The molecule has 2 aromatic rings. The van der Waals surface area contributed by atoms with Crippen molar-refractivity contribution >= 4 is 11.3 Å². The molecule has 0 aliphatic carbocycles. The van der Waals surface area contributed by atoms with Crippen molar-refractivity contribution < 1.29 is 5.11 Å². The van der Waals surface area contributed by atoms with Gasteiger partial charge in [0, 0.05) is 28.6 Å². The van der Waals surface area contributed by atoms with E-state index in [-0.39, 0.29) is 18.1 Å². The van der Waals surface area contributed by atoms with E-state index in [2.05, 4.69) is 50.4 Å². The molecule has 2 heterocycles. The van der Waals surface area contributed by atoms with Gasteiger partial charge in [-0.05, 0) is 20.8 Å². The molecule has 2 rings (SSSR count). The molecule has 0 spiro atoms. The summed E-state index contributed by atoms with van der Waals surface area (Å²) in [6.07, 6.45) is 0. The molecule has 128 valence electrons. The van der Waals surface area contributed by atoms with E-state index >= 15 is 0 Å². The second-order valence-corrected chi connectivity index (χ2v) is 7.91. The van der Waals surface area contributed by atoms with Crippen molar-refractivity contribution in [1.29, 1.82) is 0 Å². The topological polar surface area (TPSA) is 63.0 Å². The third kappa shape index (κ3) is 4.19. The molecule has 23 heavy (non-hydrogen) atoms. The first-order valence-electron chi connectivity index (χ1n) is 8.07. The van der Waals surface area contributed by atoms with Crippen LogP contribution in [0.5, 0.6) is 0 Å². The standard InChI is InChI=1S/C17H28N4OS/c1-11-14(13(3)21(20-11)7-8-22)9-18-12(2)16-19-15(10-23-16)17(4,5)6/h10,12,18,22H,7-9H2,1-6H3. The van der Waals surface area contributed by atoms with E-state index in [9.17, 15) is 0 Å². The molecule has 0 saturated heterocycles. The Morgan fingerprint density at radius 1 is 1.35 bits per heavy atom. The molecule has 6 heteroatoms. The number of aliphatic hydroxyl groups excluding tert-OH is 1. The summed E-state index contributed by atoms with van der Waals surface area (Å²) in [5.74, 6) is 0. The fourth-order valence-corrected chi connectivity index (χ4v) is 3.55. The maximum Gasteiger partial charge on any atom is 0.110 e. The number of hydrogen-bond donors (Lipinski definition) is 2. The van der Waals surface area contributed by atoms with Gasteiger partial charge in [-0.2, -0.15) is 5.10 Å². The zero-order valence-corrected chi connectivity index (χ0v) is 15.8. The van der Waals surface area contributed by atoms with Crippen LogP contribution in [0.2, 0.25) is 0 Å². The molecule has 0 fully saturated rings. The summed E-state index contributed by atoms with van der Waals surface area (Å²) in [6.45, 7) is 14.2. The van der Waals surface area contributed by atoms with Gasteiger partial charge in [0.2, 0.25) is 0 Å². The van der Waals surface area contributed by atoms with E-state index in [1.165, 1.54) is 5.56 Å². The largest absolute Gasteiger partial charge is 0.394 e. The molecule has 0 aliphatic rings. The van der Waals surface area contributed by atoms with Gasteiger partial charge in [-0.3, -0.25) is 4.68 Å². The Morgan fingerprint density at radius 2 is 2.04 bits per heavy atom. The van der Waals surface area contributed by atoms with Gasteiger partial charge in [0.15, 0.2) is 0 Å². The highest BCUT2D eigenvalue weighted by Crippen LogP contribution is 2.27. The summed E-state index contributed by atoms with van der Waals surface area (Å²) in [6, 6.07) is 0.205. The Labute approximate surface area is 142 Å². The maximum atomic E-state index is 9.10. The molecule has 1 unspecified atom stereocenters. The number of aryl methyl sites for hydroxylation is 1. The molecular formula is C17H28N4OS.